The highest BCUT2D eigenvalue weighted by Crippen LogP contribution is 2.27. The minimum Gasteiger partial charge on any atom is -0.465 e. The van der Waals surface area contributed by atoms with Crippen molar-refractivity contribution in [3.63, 3.8) is 0 Å². The molecule has 1 aliphatic rings. The molecule has 0 saturated carbocycles. The van der Waals surface area contributed by atoms with Crippen molar-refractivity contribution in [2.45, 2.75) is 72.2 Å². The van der Waals surface area contributed by atoms with E-state index in [4.69, 9.17) is 14.2 Å². The molecule has 2 heterocycles. The van der Waals surface area contributed by atoms with Gasteiger partial charge in [-0.25, -0.2) is 19.4 Å². The van der Waals surface area contributed by atoms with E-state index in [1.807, 2.05) is 0 Å². The van der Waals surface area contributed by atoms with Gasteiger partial charge in [0, 0.05) is 18.2 Å². The second kappa shape index (κ2) is 11.0. The fraction of sp³-hybridized carbons (Fsp3) is 0.625. The molecule has 1 aliphatic heterocycles. The summed E-state index contributed by atoms with van der Waals surface area (Å²) in [5.41, 5.74) is -0.483. The number of likely N-dealkylation sites (tertiary alicyclic amines) is 1. The molecule has 0 spiro atoms. The van der Waals surface area contributed by atoms with E-state index in [2.05, 4.69) is 4.98 Å². The molecular formula is C24H35N3O8. The molecule has 2 unspecified atom stereocenters. The molecule has 1 N–H and O–H groups in total. The number of anilines is 1. The van der Waals surface area contributed by atoms with Crippen LogP contribution in [-0.4, -0.2) is 76.6 Å². The van der Waals surface area contributed by atoms with Crippen LogP contribution in [0.2, 0.25) is 0 Å². The number of aldehydes is 1. The number of hydrogen-bond donors (Lipinski definition) is 1. The number of hydrogen-bond acceptors (Lipinski definition) is 8. The number of aromatic nitrogens is 1. The molecule has 1 saturated heterocycles. The van der Waals surface area contributed by atoms with Crippen molar-refractivity contribution in [1.82, 2.24) is 9.88 Å². The summed E-state index contributed by atoms with van der Waals surface area (Å²) in [6.45, 7) is 12.1. The molecule has 0 radical (unpaired) electrons. The Morgan fingerprint density at radius 3 is 2.14 bits per heavy atom. The van der Waals surface area contributed by atoms with Crippen LogP contribution in [0.15, 0.2) is 12.1 Å². The summed E-state index contributed by atoms with van der Waals surface area (Å²) in [5.74, 6) is -0.244. The van der Waals surface area contributed by atoms with Crippen LogP contribution in [0.1, 0.15) is 52.8 Å². The van der Waals surface area contributed by atoms with E-state index < -0.39 is 35.6 Å². The summed E-state index contributed by atoms with van der Waals surface area (Å²) in [6.07, 6.45) is -2.51. The lowest BCUT2D eigenvalue weighted by Gasteiger charge is -2.28. The fourth-order valence-corrected chi connectivity index (χ4v) is 3.63. The largest absolute Gasteiger partial charge is 0.465 e. The summed E-state index contributed by atoms with van der Waals surface area (Å²) < 4.78 is 16.4. The third-order valence-electron chi connectivity index (χ3n) is 4.89. The second-order valence-electron chi connectivity index (χ2n) is 10.5. The van der Waals surface area contributed by atoms with Crippen LogP contribution in [-0.2, 0) is 25.4 Å². The first-order chi connectivity index (χ1) is 16.1. The molecule has 1 fully saturated rings. The number of amides is 3. The predicted octanol–water partition coefficient (Wildman–Crippen LogP) is 3.80. The Kier molecular flexibility index (Phi) is 8.83. The minimum absolute atomic E-state index is 0.0296. The molecule has 11 heteroatoms. The lowest BCUT2D eigenvalue weighted by molar-refractivity contribution is -0.114. The van der Waals surface area contributed by atoms with Crippen molar-refractivity contribution in [3.8, 4) is 0 Å². The van der Waals surface area contributed by atoms with Gasteiger partial charge in [-0.2, -0.15) is 4.90 Å². The summed E-state index contributed by atoms with van der Waals surface area (Å²) >= 11 is 0. The number of rotatable bonds is 6. The molecule has 11 nitrogen and oxygen atoms in total. The SMILES string of the molecule is Cc1cc(CC2CN(C(=O)O)CC2OCC=O)nc(N(C(=O)OC(C)(C)C)C(=O)OC(C)(C)C)c1. The monoisotopic (exact) mass is 493 g/mol. The Labute approximate surface area is 205 Å². The zero-order valence-electron chi connectivity index (χ0n) is 21.4. The summed E-state index contributed by atoms with van der Waals surface area (Å²) in [4.78, 5) is 54.7. The summed E-state index contributed by atoms with van der Waals surface area (Å²) in [7, 11) is 0. The average Bonchev–Trinajstić information content (AvgIpc) is 3.06. The quantitative estimate of drug-likeness (QED) is 0.587. The van der Waals surface area contributed by atoms with E-state index in [1.54, 1.807) is 60.6 Å². The number of carboxylic acid groups (broad SMARTS) is 1. The van der Waals surface area contributed by atoms with Crippen molar-refractivity contribution >= 4 is 30.4 Å². The van der Waals surface area contributed by atoms with E-state index in [1.165, 1.54) is 4.90 Å². The molecule has 0 aromatic carbocycles. The average molecular weight is 494 g/mol. The van der Waals surface area contributed by atoms with Gasteiger partial charge in [0.15, 0.2) is 0 Å². The number of carbonyl (C=O) groups is 4. The zero-order valence-corrected chi connectivity index (χ0v) is 21.4. The van der Waals surface area contributed by atoms with Gasteiger partial charge < -0.3 is 29.0 Å². The predicted molar refractivity (Wildman–Crippen MR) is 127 cm³/mol. The van der Waals surface area contributed by atoms with Gasteiger partial charge in [-0.3, -0.25) is 0 Å². The van der Waals surface area contributed by atoms with E-state index in [-0.39, 0.29) is 31.4 Å². The van der Waals surface area contributed by atoms with Gasteiger partial charge in [-0.1, -0.05) is 0 Å². The van der Waals surface area contributed by atoms with Gasteiger partial charge in [0.25, 0.3) is 0 Å². The first kappa shape index (κ1) is 28.0. The Bertz CT molecular complexity index is 923. The van der Waals surface area contributed by atoms with Crippen molar-refractivity contribution < 1.29 is 38.5 Å². The highest BCUT2D eigenvalue weighted by atomic mass is 16.6. The molecule has 1 aromatic heterocycles. The maximum atomic E-state index is 13.0. The van der Waals surface area contributed by atoms with Crippen LogP contribution in [0.5, 0.6) is 0 Å². The van der Waals surface area contributed by atoms with Crippen molar-refractivity contribution in [2.75, 3.05) is 24.6 Å². The number of pyridine rings is 1. The van der Waals surface area contributed by atoms with Gasteiger partial charge in [0.05, 0.1) is 12.6 Å². The second-order valence-corrected chi connectivity index (χ2v) is 10.5. The number of nitrogens with zero attached hydrogens (tertiary/aromatic N) is 3. The molecule has 1 aromatic rings. The highest BCUT2D eigenvalue weighted by Gasteiger charge is 2.37. The topological polar surface area (TPSA) is 136 Å². The lowest BCUT2D eigenvalue weighted by Crippen LogP contribution is -2.44. The highest BCUT2D eigenvalue weighted by molar-refractivity contribution is 6.08. The van der Waals surface area contributed by atoms with Gasteiger partial charge in [-0.15, -0.1) is 0 Å². The first-order valence-corrected chi connectivity index (χ1v) is 11.4. The third kappa shape index (κ3) is 8.50. The Balaban J connectivity index is 2.39. The first-order valence-electron chi connectivity index (χ1n) is 11.4. The maximum absolute atomic E-state index is 13.0. The number of aryl methyl sites for hydroxylation is 1. The number of ether oxygens (including phenoxy) is 3. The van der Waals surface area contributed by atoms with Crippen LogP contribution in [0, 0.1) is 12.8 Å². The maximum Gasteiger partial charge on any atom is 0.425 e. The van der Waals surface area contributed by atoms with Crippen LogP contribution >= 0.6 is 0 Å². The molecule has 35 heavy (non-hydrogen) atoms. The van der Waals surface area contributed by atoms with Crippen molar-refractivity contribution in [2.24, 2.45) is 5.92 Å². The van der Waals surface area contributed by atoms with Crippen molar-refractivity contribution in [3.05, 3.63) is 23.4 Å². The van der Waals surface area contributed by atoms with E-state index >= 15 is 0 Å². The van der Waals surface area contributed by atoms with Gasteiger partial charge in [0.2, 0.25) is 0 Å². The fourth-order valence-electron chi connectivity index (χ4n) is 3.63. The molecule has 0 bridgehead atoms. The molecule has 194 valence electrons. The summed E-state index contributed by atoms with van der Waals surface area (Å²) in [6, 6.07) is 3.35. The molecule has 2 rings (SSSR count). The van der Waals surface area contributed by atoms with Gasteiger partial charge in [0.1, 0.15) is 29.9 Å². The normalized spacial score (nSPS) is 18.2. The Morgan fingerprint density at radius 2 is 1.66 bits per heavy atom. The lowest BCUT2D eigenvalue weighted by atomic mass is 9.99. The standard InChI is InChI=1S/C24H35N3O8/c1-15-10-17(12-16-13-26(20(29)30)14-18(16)33-9-8-28)25-19(11-15)27(21(31)34-23(2,3)4)22(32)35-24(5,6)7/h8,10-11,16,18H,9,12-14H2,1-7H3,(H,29,30). The molecule has 0 aliphatic carbocycles. The minimum atomic E-state index is -1.08. The smallest absolute Gasteiger partial charge is 0.425 e. The molecule has 2 atom stereocenters. The van der Waals surface area contributed by atoms with Crippen LogP contribution in [0.3, 0.4) is 0 Å². The van der Waals surface area contributed by atoms with Crippen LogP contribution in [0.25, 0.3) is 0 Å². The van der Waals surface area contributed by atoms with E-state index in [9.17, 15) is 24.3 Å². The number of carbonyl (C=O) groups excluding carboxylic acids is 3. The van der Waals surface area contributed by atoms with E-state index in [0.29, 0.717) is 18.4 Å². The van der Waals surface area contributed by atoms with Gasteiger partial charge in [-0.05, 0) is 72.6 Å². The van der Waals surface area contributed by atoms with Gasteiger partial charge >= 0.3 is 18.3 Å². The Hall–Kier alpha value is -3.21. The van der Waals surface area contributed by atoms with E-state index in [0.717, 1.165) is 10.5 Å². The third-order valence-corrected chi connectivity index (χ3v) is 4.89. The van der Waals surface area contributed by atoms with Crippen LogP contribution < -0.4 is 4.90 Å². The van der Waals surface area contributed by atoms with Crippen molar-refractivity contribution in [1.29, 1.82) is 0 Å². The number of imide groups is 1. The Morgan fingerprint density at radius 1 is 1.09 bits per heavy atom. The molecular weight excluding hydrogens is 458 g/mol. The zero-order chi connectivity index (χ0) is 26.6. The molecule has 3 amide bonds. The summed E-state index contributed by atoms with van der Waals surface area (Å²) in [5, 5.41) is 9.38. The van der Waals surface area contributed by atoms with Crippen LogP contribution in [0.4, 0.5) is 20.2 Å².